The number of oxazole rings is 1. The summed E-state index contributed by atoms with van der Waals surface area (Å²) in [5, 5.41) is 2.87. The lowest BCUT2D eigenvalue weighted by Crippen LogP contribution is -2.38. The van der Waals surface area contributed by atoms with Crippen molar-refractivity contribution >= 4 is 17.5 Å². The predicted octanol–water partition coefficient (Wildman–Crippen LogP) is 5.00. The third-order valence-corrected chi connectivity index (χ3v) is 5.70. The number of carbonyl (C=O) groups excluding carboxylic acids is 2. The number of hydrogen-bond donors (Lipinski definition) is 1. The highest BCUT2D eigenvalue weighted by Crippen LogP contribution is 2.23. The number of amides is 2. The van der Waals surface area contributed by atoms with E-state index < -0.39 is 0 Å². The fourth-order valence-corrected chi connectivity index (χ4v) is 3.88. The van der Waals surface area contributed by atoms with Crippen molar-refractivity contribution in [3.63, 3.8) is 0 Å². The molecular formula is C24H25N3O3. The van der Waals surface area contributed by atoms with Gasteiger partial charge in [0, 0.05) is 35.5 Å². The predicted molar refractivity (Wildman–Crippen MR) is 115 cm³/mol. The molecule has 0 unspecified atom stereocenters. The molecule has 0 saturated heterocycles. The van der Waals surface area contributed by atoms with Crippen molar-refractivity contribution in [2.75, 3.05) is 12.4 Å². The van der Waals surface area contributed by atoms with Gasteiger partial charge in [-0.05, 0) is 49.2 Å². The maximum absolute atomic E-state index is 12.8. The summed E-state index contributed by atoms with van der Waals surface area (Å²) in [6.07, 6.45) is 8.78. The second-order valence-corrected chi connectivity index (χ2v) is 7.68. The summed E-state index contributed by atoms with van der Waals surface area (Å²) in [5.41, 5.74) is 2.68. The van der Waals surface area contributed by atoms with Gasteiger partial charge >= 0.3 is 0 Å². The van der Waals surface area contributed by atoms with Crippen LogP contribution in [-0.4, -0.2) is 34.8 Å². The molecule has 2 amide bonds. The van der Waals surface area contributed by atoms with E-state index in [0.717, 1.165) is 18.4 Å². The highest BCUT2D eigenvalue weighted by atomic mass is 16.3. The van der Waals surface area contributed by atoms with E-state index in [0.29, 0.717) is 28.6 Å². The van der Waals surface area contributed by atoms with Crippen LogP contribution in [0.3, 0.4) is 0 Å². The second kappa shape index (κ2) is 8.95. The Hall–Kier alpha value is -3.41. The summed E-state index contributed by atoms with van der Waals surface area (Å²) in [7, 11) is 1.89. The number of nitrogens with one attached hydrogen (secondary N) is 1. The lowest BCUT2D eigenvalue weighted by Gasteiger charge is -2.31. The Morgan fingerprint density at radius 1 is 0.967 bits per heavy atom. The van der Waals surface area contributed by atoms with Crippen molar-refractivity contribution in [1.29, 1.82) is 0 Å². The van der Waals surface area contributed by atoms with Gasteiger partial charge in [-0.2, -0.15) is 0 Å². The molecule has 1 heterocycles. The number of carbonyl (C=O) groups is 2. The zero-order chi connectivity index (χ0) is 20.9. The van der Waals surface area contributed by atoms with Gasteiger partial charge in [-0.25, -0.2) is 4.98 Å². The molecule has 0 radical (unpaired) electrons. The van der Waals surface area contributed by atoms with Crippen molar-refractivity contribution in [2.45, 2.75) is 38.1 Å². The molecule has 3 aromatic rings. The minimum atomic E-state index is -0.211. The van der Waals surface area contributed by atoms with Crippen molar-refractivity contribution in [3.05, 3.63) is 72.2 Å². The van der Waals surface area contributed by atoms with Crippen LogP contribution in [0.4, 0.5) is 5.69 Å². The molecule has 2 aromatic carbocycles. The van der Waals surface area contributed by atoms with E-state index >= 15 is 0 Å². The summed E-state index contributed by atoms with van der Waals surface area (Å²) in [4.78, 5) is 31.0. The zero-order valence-electron chi connectivity index (χ0n) is 17.0. The first-order valence-electron chi connectivity index (χ1n) is 10.3. The molecule has 0 spiro atoms. The number of hydrogen-bond acceptors (Lipinski definition) is 4. The molecule has 0 atom stereocenters. The Balaban J connectivity index is 1.38. The molecule has 4 rings (SSSR count). The van der Waals surface area contributed by atoms with Gasteiger partial charge in [0.15, 0.2) is 12.2 Å². The van der Waals surface area contributed by atoms with Gasteiger partial charge in [-0.3, -0.25) is 9.59 Å². The Bertz CT molecular complexity index is 989. The number of anilines is 1. The van der Waals surface area contributed by atoms with Gasteiger partial charge in [0.25, 0.3) is 11.8 Å². The van der Waals surface area contributed by atoms with Crippen molar-refractivity contribution in [1.82, 2.24) is 9.88 Å². The Labute approximate surface area is 175 Å². The van der Waals surface area contributed by atoms with E-state index in [1.54, 1.807) is 42.6 Å². The Kier molecular flexibility index (Phi) is 5.93. The molecule has 154 valence electrons. The van der Waals surface area contributed by atoms with Crippen LogP contribution in [0.1, 0.15) is 52.8 Å². The van der Waals surface area contributed by atoms with Crippen LogP contribution >= 0.6 is 0 Å². The first kappa shape index (κ1) is 19.9. The highest BCUT2D eigenvalue weighted by molar-refractivity contribution is 6.04. The van der Waals surface area contributed by atoms with Crippen molar-refractivity contribution in [2.24, 2.45) is 0 Å². The minimum absolute atomic E-state index is 0.0304. The summed E-state index contributed by atoms with van der Waals surface area (Å²) in [5.74, 6) is 0.473. The first-order valence-corrected chi connectivity index (χ1v) is 10.3. The lowest BCUT2D eigenvalue weighted by molar-refractivity contribution is 0.0696. The molecule has 0 bridgehead atoms. The highest BCUT2D eigenvalue weighted by Gasteiger charge is 2.22. The molecule has 30 heavy (non-hydrogen) atoms. The maximum Gasteiger partial charge on any atom is 0.255 e. The van der Waals surface area contributed by atoms with Crippen LogP contribution in [0.15, 0.2) is 65.5 Å². The number of nitrogens with zero attached hydrogens (tertiary/aromatic N) is 2. The van der Waals surface area contributed by atoms with Gasteiger partial charge < -0.3 is 14.6 Å². The van der Waals surface area contributed by atoms with Gasteiger partial charge in [0.1, 0.15) is 0 Å². The largest absolute Gasteiger partial charge is 0.444 e. The Morgan fingerprint density at radius 3 is 2.27 bits per heavy atom. The van der Waals surface area contributed by atoms with Crippen LogP contribution in [0.25, 0.3) is 11.3 Å². The summed E-state index contributed by atoms with van der Waals surface area (Å²) in [6, 6.07) is 14.5. The van der Waals surface area contributed by atoms with E-state index in [4.69, 9.17) is 4.42 Å². The summed E-state index contributed by atoms with van der Waals surface area (Å²) >= 11 is 0. The standard InChI is InChI=1S/C24H25N3O3/c1-27(21-5-3-2-4-6-21)24(29)19-11-13-20(14-12-19)26-23(28)18-9-7-17(8-10-18)22-15-25-16-30-22/h7-16,21H,2-6H2,1H3,(H,26,28). The van der Waals surface area contributed by atoms with E-state index in [2.05, 4.69) is 10.3 Å². The number of benzene rings is 2. The molecule has 1 saturated carbocycles. The van der Waals surface area contributed by atoms with Gasteiger partial charge in [-0.15, -0.1) is 0 Å². The maximum atomic E-state index is 12.8. The summed E-state index contributed by atoms with van der Waals surface area (Å²) in [6.45, 7) is 0. The molecule has 1 N–H and O–H groups in total. The first-order chi connectivity index (χ1) is 14.6. The van der Waals surface area contributed by atoms with Gasteiger partial charge in [0.2, 0.25) is 0 Å². The van der Waals surface area contributed by atoms with Crippen molar-refractivity contribution in [3.8, 4) is 11.3 Å². The smallest absolute Gasteiger partial charge is 0.255 e. The summed E-state index contributed by atoms with van der Waals surface area (Å²) < 4.78 is 5.26. The molecule has 1 aliphatic carbocycles. The molecule has 1 aliphatic rings. The quantitative estimate of drug-likeness (QED) is 0.651. The molecular weight excluding hydrogens is 378 g/mol. The fraction of sp³-hybridized carbons (Fsp3) is 0.292. The van der Waals surface area contributed by atoms with Crippen LogP contribution in [0, 0.1) is 0 Å². The normalized spacial score (nSPS) is 14.3. The number of aromatic nitrogens is 1. The van der Waals surface area contributed by atoms with Crippen LogP contribution in [0.2, 0.25) is 0 Å². The third kappa shape index (κ3) is 4.43. The van der Waals surface area contributed by atoms with Crippen molar-refractivity contribution < 1.29 is 14.0 Å². The third-order valence-electron chi connectivity index (χ3n) is 5.70. The zero-order valence-corrected chi connectivity index (χ0v) is 17.0. The monoisotopic (exact) mass is 403 g/mol. The van der Waals surface area contributed by atoms with E-state index in [1.165, 1.54) is 25.7 Å². The van der Waals surface area contributed by atoms with Crippen LogP contribution in [0.5, 0.6) is 0 Å². The molecule has 1 aromatic heterocycles. The van der Waals surface area contributed by atoms with Crippen LogP contribution in [-0.2, 0) is 0 Å². The molecule has 1 fully saturated rings. The van der Waals surface area contributed by atoms with E-state index in [9.17, 15) is 9.59 Å². The van der Waals surface area contributed by atoms with Gasteiger partial charge in [0.05, 0.1) is 6.20 Å². The topological polar surface area (TPSA) is 75.4 Å². The fourth-order valence-electron chi connectivity index (χ4n) is 3.88. The molecule has 6 heteroatoms. The number of rotatable bonds is 5. The average Bonchev–Trinajstić information content (AvgIpc) is 3.34. The van der Waals surface area contributed by atoms with E-state index in [1.807, 2.05) is 24.1 Å². The van der Waals surface area contributed by atoms with E-state index in [-0.39, 0.29) is 11.8 Å². The average molecular weight is 403 g/mol. The Morgan fingerprint density at radius 2 is 1.63 bits per heavy atom. The minimum Gasteiger partial charge on any atom is -0.444 e. The SMILES string of the molecule is CN(C(=O)c1ccc(NC(=O)c2ccc(-c3cnco3)cc2)cc1)C1CCCCC1. The van der Waals surface area contributed by atoms with Gasteiger partial charge in [-0.1, -0.05) is 31.4 Å². The van der Waals surface area contributed by atoms with Crippen LogP contribution < -0.4 is 5.32 Å². The molecule has 6 nitrogen and oxygen atoms in total. The second-order valence-electron chi connectivity index (χ2n) is 7.68. The molecule has 0 aliphatic heterocycles. The lowest BCUT2D eigenvalue weighted by atomic mass is 9.94.